The minimum Gasteiger partial charge on any atom is -0.369 e. The molecule has 0 radical (unpaired) electrons. The smallest absolute Gasteiger partial charge is 0.280 e. The molecule has 8 heteroatoms. The van der Waals surface area contributed by atoms with Gasteiger partial charge >= 0.3 is 0 Å². The molecule has 1 aliphatic heterocycles. The van der Waals surface area contributed by atoms with Crippen molar-refractivity contribution < 1.29 is 4.79 Å². The summed E-state index contributed by atoms with van der Waals surface area (Å²) < 4.78 is 1.56. The molecule has 166 valence electrons. The van der Waals surface area contributed by atoms with E-state index in [0.717, 1.165) is 38.4 Å². The zero-order valence-corrected chi connectivity index (χ0v) is 19.0. The van der Waals surface area contributed by atoms with Crippen molar-refractivity contribution in [1.29, 1.82) is 0 Å². The fraction of sp³-hybridized carbons (Fsp3) is 0.292. The zero-order chi connectivity index (χ0) is 22.7. The third kappa shape index (κ3) is 4.84. The topological polar surface area (TPSA) is 70.5 Å². The highest BCUT2D eigenvalue weighted by Crippen LogP contribution is 2.20. The number of anilines is 2. The summed E-state index contributed by atoms with van der Waals surface area (Å²) in [6, 6.07) is 16.1. The molecule has 1 saturated heterocycles. The normalized spacial score (nSPS) is 14.4. The van der Waals surface area contributed by atoms with Crippen LogP contribution in [0.5, 0.6) is 0 Å². The quantitative estimate of drug-likeness (QED) is 0.642. The lowest BCUT2D eigenvalue weighted by Gasteiger charge is -2.35. The molecule has 0 unspecified atom stereocenters. The minimum absolute atomic E-state index is 0.162. The number of aryl methyl sites for hydroxylation is 1. The van der Waals surface area contributed by atoms with E-state index >= 15 is 0 Å². The number of benzene rings is 2. The van der Waals surface area contributed by atoms with E-state index in [1.54, 1.807) is 35.9 Å². The minimum atomic E-state index is -0.540. The fourth-order valence-electron chi connectivity index (χ4n) is 3.82. The first-order valence-electron chi connectivity index (χ1n) is 10.7. The Labute approximate surface area is 192 Å². The molecule has 0 aliphatic carbocycles. The van der Waals surface area contributed by atoms with Crippen LogP contribution in [-0.2, 0) is 0 Å². The van der Waals surface area contributed by atoms with Gasteiger partial charge in [-0.2, -0.15) is 5.10 Å². The van der Waals surface area contributed by atoms with Crippen LogP contribution in [0, 0.1) is 6.92 Å². The van der Waals surface area contributed by atoms with Gasteiger partial charge in [-0.25, -0.2) is 4.68 Å². The second-order valence-corrected chi connectivity index (χ2v) is 8.25. The Balaban J connectivity index is 1.50. The van der Waals surface area contributed by atoms with Gasteiger partial charge in [0.1, 0.15) is 0 Å². The fourth-order valence-corrected chi connectivity index (χ4v) is 3.94. The van der Waals surface area contributed by atoms with E-state index in [9.17, 15) is 9.59 Å². The highest BCUT2D eigenvalue weighted by Gasteiger charge is 2.18. The van der Waals surface area contributed by atoms with E-state index in [1.807, 2.05) is 24.3 Å². The highest BCUT2D eigenvalue weighted by molar-refractivity contribution is 6.30. The first-order valence-corrected chi connectivity index (χ1v) is 11.1. The number of likely N-dealkylation sites (N-methyl/N-ethyl adjacent to an activating group) is 1. The van der Waals surface area contributed by atoms with Crippen LogP contribution in [0.1, 0.15) is 23.1 Å². The zero-order valence-electron chi connectivity index (χ0n) is 18.2. The average molecular weight is 452 g/mol. The van der Waals surface area contributed by atoms with Gasteiger partial charge in [0.15, 0.2) is 5.69 Å². The molecule has 1 aromatic heterocycles. The molecular weight excluding hydrogens is 426 g/mol. The van der Waals surface area contributed by atoms with Gasteiger partial charge < -0.3 is 15.1 Å². The third-order valence-corrected chi connectivity index (χ3v) is 5.96. The molecule has 0 bridgehead atoms. The van der Waals surface area contributed by atoms with Crippen molar-refractivity contribution in [3.8, 4) is 5.69 Å². The van der Waals surface area contributed by atoms with Crippen LogP contribution in [0.15, 0.2) is 59.4 Å². The standard InChI is InChI=1S/C24H26ClN5O2/c1-3-28-12-14-29(15-13-28)20-10-6-19(7-11-20)26-24(32)23-22(31)16-17(2)30(27-23)21-8-4-18(25)5-9-21/h4-11,16H,3,12-15H2,1-2H3,(H,26,32). The Morgan fingerprint density at radius 3 is 2.25 bits per heavy atom. The molecule has 2 heterocycles. The Morgan fingerprint density at radius 1 is 1.00 bits per heavy atom. The molecule has 0 spiro atoms. The Morgan fingerprint density at radius 2 is 1.62 bits per heavy atom. The summed E-state index contributed by atoms with van der Waals surface area (Å²) in [5.41, 5.74) is 2.50. The molecule has 1 N–H and O–H groups in total. The molecule has 1 amide bonds. The molecule has 3 aromatic rings. The summed E-state index contributed by atoms with van der Waals surface area (Å²) in [5.74, 6) is -0.540. The molecule has 1 fully saturated rings. The Bertz CT molecular complexity index is 1150. The maximum Gasteiger partial charge on any atom is 0.280 e. The number of carbonyl (C=O) groups is 1. The van der Waals surface area contributed by atoms with Crippen LogP contribution >= 0.6 is 11.6 Å². The third-order valence-electron chi connectivity index (χ3n) is 5.70. The number of aromatic nitrogens is 2. The molecule has 7 nitrogen and oxygen atoms in total. The molecule has 0 atom stereocenters. The van der Waals surface area contributed by atoms with Crippen molar-refractivity contribution in [2.24, 2.45) is 0 Å². The molecular formula is C24H26ClN5O2. The summed E-state index contributed by atoms with van der Waals surface area (Å²) in [5, 5.41) is 7.70. The Hall–Kier alpha value is -3.16. The van der Waals surface area contributed by atoms with Crippen LogP contribution in [-0.4, -0.2) is 53.3 Å². The van der Waals surface area contributed by atoms with Crippen LogP contribution in [0.4, 0.5) is 11.4 Å². The number of amides is 1. The van der Waals surface area contributed by atoms with Crippen LogP contribution in [0.2, 0.25) is 5.02 Å². The number of piperazine rings is 1. The van der Waals surface area contributed by atoms with Crippen LogP contribution in [0.3, 0.4) is 0 Å². The van der Waals surface area contributed by atoms with Gasteiger partial charge in [-0.1, -0.05) is 18.5 Å². The van der Waals surface area contributed by atoms with Gasteiger partial charge in [-0.3, -0.25) is 9.59 Å². The first kappa shape index (κ1) is 22.0. The Kier molecular flexibility index (Phi) is 6.58. The van der Waals surface area contributed by atoms with Gasteiger partial charge in [0.2, 0.25) is 5.43 Å². The van der Waals surface area contributed by atoms with E-state index < -0.39 is 11.3 Å². The SMILES string of the molecule is CCN1CCN(c2ccc(NC(=O)c3nn(-c4ccc(Cl)cc4)c(C)cc3=O)cc2)CC1. The lowest BCUT2D eigenvalue weighted by atomic mass is 10.2. The molecule has 1 aliphatic rings. The van der Waals surface area contributed by atoms with E-state index in [0.29, 0.717) is 22.1 Å². The van der Waals surface area contributed by atoms with Crippen LogP contribution < -0.4 is 15.6 Å². The molecule has 2 aromatic carbocycles. The van der Waals surface area contributed by atoms with Crippen molar-refractivity contribution in [2.45, 2.75) is 13.8 Å². The summed E-state index contributed by atoms with van der Waals surface area (Å²) >= 11 is 5.96. The second kappa shape index (κ2) is 9.54. The van der Waals surface area contributed by atoms with Gasteiger partial charge in [0.05, 0.1) is 5.69 Å². The molecule has 32 heavy (non-hydrogen) atoms. The predicted octanol–water partition coefficient (Wildman–Crippen LogP) is 3.59. The number of carbonyl (C=O) groups excluding carboxylic acids is 1. The van der Waals surface area contributed by atoms with Crippen molar-refractivity contribution in [2.75, 3.05) is 42.9 Å². The summed E-state index contributed by atoms with van der Waals surface area (Å²) in [6.45, 7) is 9.09. The van der Waals surface area contributed by atoms with E-state index in [4.69, 9.17) is 11.6 Å². The first-order chi connectivity index (χ1) is 15.4. The molecule has 4 rings (SSSR count). The second-order valence-electron chi connectivity index (χ2n) is 7.81. The number of nitrogens with one attached hydrogen (secondary N) is 1. The number of hydrogen-bond donors (Lipinski definition) is 1. The number of nitrogens with zero attached hydrogens (tertiary/aromatic N) is 4. The van der Waals surface area contributed by atoms with Gasteiger partial charge in [-0.15, -0.1) is 0 Å². The van der Waals surface area contributed by atoms with Gasteiger partial charge in [-0.05, 0) is 62.0 Å². The summed E-state index contributed by atoms with van der Waals surface area (Å²) in [4.78, 5) is 30.0. The van der Waals surface area contributed by atoms with Crippen LogP contribution in [0.25, 0.3) is 5.69 Å². The van der Waals surface area contributed by atoms with Crippen molar-refractivity contribution >= 4 is 28.9 Å². The summed E-state index contributed by atoms with van der Waals surface area (Å²) in [7, 11) is 0. The maximum absolute atomic E-state index is 12.8. The van der Waals surface area contributed by atoms with Gasteiger partial charge in [0.25, 0.3) is 5.91 Å². The highest BCUT2D eigenvalue weighted by atomic mass is 35.5. The lowest BCUT2D eigenvalue weighted by Crippen LogP contribution is -2.46. The monoisotopic (exact) mass is 451 g/mol. The maximum atomic E-state index is 12.8. The van der Waals surface area contributed by atoms with Crippen molar-refractivity contribution in [3.63, 3.8) is 0 Å². The largest absolute Gasteiger partial charge is 0.369 e. The number of rotatable bonds is 5. The van der Waals surface area contributed by atoms with E-state index in [2.05, 4.69) is 27.1 Å². The number of hydrogen-bond acceptors (Lipinski definition) is 5. The van der Waals surface area contributed by atoms with E-state index in [-0.39, 0.29) is 5.69 Å². The van der Waals surface area contributed by atoms with Crippen molar-refractivity contribution in [1.82, 2.24) is 14.7 Å². The number of halogens is 1. The van der Waals surface area contributed by atoms with E-state index in [1.165, 1.54) is 6.07 Å². The van der Waals surface area contributed by atoms with Crippen molar-refractivity contribution in [3.05, 3.63) is 81.2 Å². The summed E-state index contributed by atoms with van der Waals surface area (Å²) in [6.07, 6.45) is 0. The molecule has 0 saturated carbocycles. The lowest BCUT2D eigenvalue weighted by molar-refractivity contribution is 0.101. The average Bonchev–Trinajstić information content (AvgIpc) is 2.80. The van der Waals surface area contributed by atoms with Gasteiger partial charge in [0, 0.05) is 54.3 Å². The predicted molar refractivity (Wildman–Crippen MR) is 128 cm³/mol.